The number of likely N-dealkylation sites (tertiary alicyclic amines) is 2. The highest BCUT2D eigenvalue weighted by molar-refractivity contribution is 5.91. The minimum absolute atomic E-state index is 0.0811. The third kappa shape index (κ3) is 3.43. The van der Waals surface area contributed by atoms with Gasteiger partial charge in [0.2, 0.25) is 0 Å². The number of rotatable bonds is 4. The van der Waals surface area contributed by atoms with Gasteiger partial charge in [-0.3, -0.25) is 15.0 Å². The molecular formula is C16H22N4O4. The first-order chi connectivity index (χ1) is 11.6. The minimum Gasteiger partial charge on any atom is -0.495 e. The van der Waals surface area contributed by atoms with Crippen LogP contribution >= 0.6 is 0 Å². The van der Waals surface area contributed by atoms with Gasteiger partial charge in [-0.05, 0) is 38.4 Å². The summed E-state index contributed by atoms with van der Waals surface area (Å²) < 4.78 is 5.18. The molecule has 2 saturated heterocycles. The Morgan fingerprint density at radius 1 is 1.33 bits per heavy atom. The predicted molar refractivity (Wildman–Crippen MR) is 89.5 cm³/mol. The van der Waals surface area contributed by atoms with Gasteiger partial charge in [-0.15, -0.1) is 0 Å². The lowest BCUT2D eigenvalue weighted by Gasteiger charge is -2.23. The molecule has 2 heterocycles. The lowest BCUT2D eigenvalue weighted by Crippen LogP contribution is -2.38. The van der Waals surface area contributed by atoms with E-state index in [-0.39, 0.29) is 11.7 Å². The fraction of sp³-hybridized carbons (Fsp3) is 0.562. The van der Waals surface area contributed by atoms with E-state index in [1.54, 1.807) is 4.90 Å². The number of non-ortho nitro benzene ring substituents is 1. The Hall–Kier alpha value is -2.35. The van der Waals surface area contributed by atoms with Crippen molar-refractivity contribution in [3.8, 4) is 5.75 Å². The number of ether oxygens (including phenoxy) is 1. The third-order valence-corrected chi connectivity index (χ3v) is 4.74. The number of hydrogen-bond donors (Lipinski definition) is 1. The molecule has 2 aliphatic rings. The van der Waals surface area contributed by atoms with Crippen LogP contribution in [0, 0.1) is 10.1 Å². The van der Waals surface area contributed by atoms with Gasteiger partial charge >= 0.3 is 6.03 Å². The van der Waals surface area contributed by atoms with Crippen molar-refractivity contribution >= 4 is 17.4 Å². The van der Waals surface area contributed by atoms with E-state index in [0.29, 0.717) is 30.6 Å². The summed E-state index contributed by atoms with van der Waals surface area (Å²) in [6.07, 6.45) is 3.43. The number of carbonyl (C=O) groups is 1. The van der Waals surface area contributed by atoms with Gasteiger partial charge in [-0.2, -0.15) is 0 Å². The summed E-state index contributed by atoms with van der Waals surface area (Å²) in [7, 11) is 1.47. The summed E-state index contributed by atoms with van der Waals surface area (Å²) >= 11 is 0. The Kier molecular flexibility index (Phi) is 4.84. The van der Waals surface area contributed by atoms with Crippen LogP contribution < -0.4 is 10.1 Å². The first-order valence-corrected chi connectivity index (χ1v) is 8.21. The molecule has 130 valence electrons. The van der Waals surface area contributed by atoms with E-state index in [9.17, 15) is 14.9 Å². The van der Waals surface area contributed by atoms with Gasteiger partial charge in [-0.1, -0.05) is 0 Å². The van der Waals surface area contributed by atoms with Crippen LogP contribution in [0.15, 0.2) is 18.2 Å². The maximum Gasteiger partial charge on any atom is 0.322 e. The number of nitrogens with zero attached hydrogens (tertiary/aromatic N) is 3. The molecule has 0 aliphatic carbocycles. The minimum atomic E-state index is -0.492. The molecule has 2 aliphatic heterocycles. The number of nitrogens with one attached hydrogen (secondary N) is 1. The van der Waals surface area contributed by atoms with E-state index in [0.717, 1.165) is 19.5 Å². The van der Waals surface area contributed by atoms with E-state index >= 15 is 0 Å². The zero-order valence-corrected chi connectivity index (χ0v) is 13.7. The second-order valence-electron chi connectivity index (χ2n) is 6.20. The summed E-state index contributed by atoms with van der Waals surface area (Å²) in [6.45, 7) is 3.62. The van der Waals surface area contributed by atoms with E-state index in [1.165, 1.54) is 38.2 Å². The number of methoxy groups -OCH3 is 1. The molecule has 1 aromatic carbocycles. The van der Waals surface area contributed by atoms with Crippen molar-refractivity contribution in [3.63, 3.8) is 0 Å². The number of hydrogen-bond acceptors (Lipinski definition) is 5. The number of nitro groups is 1. The largest absolute Gasteiger partial charge is 0.495 e. The fourth-order valence-electron chi connectivity index (χ4n) is 3.43. The smallest absolute Gasteiger partial charge is 0.322 e. The zero-order valence-electron chi connectivity index (χ0n) is 13.7. The van der Waals surface area contributed by atoms with Crippen molar-refractivity contribution in [2.45, 2.75) is 25.3 Å². The molecule has 0 saturated carbocycles. The fourth-order valence-corrected chi connectivity index (χ4v) is 3.43. The molecule has 1 N–H and O–H groups in total. The molecular weight excluding hydrogens is 312 g/mol. The summed E-state index contributed by atoms with van der Waals surface area (Å²) in [5, 5.41) is 13.7. The van der Waals surface area contributed by atoms with E-state index in [2.05, 4.69) is 10.2 Å². The van der Waals surface area contributed by atoms with Gasteiger partial charge < -0.3 is 15.0 Å². The van der Waals surface area contributed by atoms with Crippen LogP contribution in [-0.4, -0.2) is 60.1 Å². The monoisotopic (exact) mass is 334 g/mol. The quantitative estimate of drug-likeness (QED) is 0.674. The lowest BCUT2D eigenvalue weighted by atomic mass is 10.2. The molecule has 8 nitrogen and oxygen atoms in total. The van der Waals surface area contributed by atoms with Gasteiger partial charge in [0.05, 0.1) is 17.7 Å². The Labute approximate surface area is 140 Å². The van der Waals surface area contributed by atoms with Crippen molar-refractivity contribution < 1.29 is 14.5 Å². The Morgan fingerprint density at radius 3 is 2.75 bits per heavy atom. The van der Waals surface area contributed by atoms with Crippen LogP contribution in [0.1, 0.15) is 19.3 Å². The lowest BCUT2D eigenvalue weighted by molar-refractivity contribution is -0.384. The number of anilines is 1. The van der Waals surface area contributed by atoms with Crippen molar-refractivity contribution in [2.75, 3.05) is 38.6 Å². The predicted octanol–water partition coefficient (Wildman–Crippen LogP) is 2.31. The average Bonchev–Trinajstić information content (AvgIpc) is 3.25. The number of carbonyl (C=O) groups excluding carboxylic acids is 1. The van der Waals surface area contributed by atoms with Gasteiger partial charge in [0.1, 0.15) is 5.75 Å². The maximum atomic E-state index is 12.5. The Morgan fingerprint density at radius 2 is 2.08 bits per heavy atom. The van der Waals surface area contributed by atoms with E-state index in [4.69, 9.17) is 4.74 Å². The molecule has 0 unspecified atom stereocenters. The zero-order chi connectivity index (χ0) is 17.1. The van der Waals surface area contributed by atoms with Crippen LogP contribution in [0.25, 0.3) is 0 Å². The van der Waals surface area contributed by atoms with E-state index in [1.807, 2.05) is 0 Å². The molecule has 2 amide bonds. The summed E-state index contributed by atoms with van der Waals surface area (Å²) in [4.78, 5) is 27.1. The molecule has 0 radical (unpaired) electrons. The van der Waals surface area contributed by atoms with Crippen molar-refractivity contribution in [1.82, 2.24) is 9.80 Å². The molecule has 1 aromatic rings. The van der Waals surface area contributed by atoms with Crippen molar-refractivity contribution in [3.05, 3.63) is 28.3 Å². The number of benzene rings is 1. The SMILES string of the molecule is COc1ccc([N+](=O)[O-])cc1NC(=O)N1CC[C@@H](N2CCCC2)C1. The molecule has 1 atom stereocenters. The number of amides is 2. The molecule has 0 spiro atoms. The second-order valence-corrected chi connectivity index (χ2v) is 6.20. The summed E-state index contributed by atoms with van der Waals surface area (Å²) in [5.74, 6) is 0.407. The number of urea groups is 1. The average molecular weight is 334 g/mol. The van der Waals surface area contributed by atoms with Crippen molar-refractivity contribution in [2.24, 2.45) is 0 Å². The van der Waals surface area contributed by atoms with Crippen LogP contribution in [0.5, 0.6) is 5.75 Å². The number of nitro benzene ring substituents is 1. The topological polar surface area (TPSA) is 87.9 Å². The van der Waals surface area contributed by atoms with E-state index < -0.39 is 4.92 Å². The standard InChI is InChI=1S/C16H22N4O4/c1-24-15-5-4-12(20(22)23)10-14(15)17-16(21)19-9-6-13(11-19)18-7-2-3-8-18/h4-5,10,13H,2-3,6-9,11H2,1H3,(H,17,21)/t13-/m1/s1. The molecule has 3 rings (SSSR count). The molecule has 0 bridgehead atoms. The Balaban J connectivity index is 1.66. The van der Waals surface area contributed by atoms with Gasteiger partial charge in [0, 0.05) is 31.3 Å². The normalized spacial score (nSPS) is 21.0. The van der Waals surface area contributed by atoms with Gasteiger partial charge in [-0.25, -0.2) is 4.79 Å². The maximum absolute atomic E-state index is 12.5. The first kappa shape index (κ1) is 16.5. The van der Waals surface area contributed by atoms with Crippen LogP contribution in [0.3, 0.4) is 0 Å². The summed E-state index contributed by atoms with van der Waals surface area (Å²) in [6, 6.07) is 4.35. The molecule has 2 fully saturated rings. The highest BCUT2D eigenvalue weighted by Gasteiger charge is 2.31. The highest BCUT2D eigenvalue weighted by Crippen LogP contribution is 2.29. The highest BCUT2D eigenvalue weighted by atomic mass is 16.6. The van der Waals surface area contributed by atoms with Gasteiger partial charge in [0.15, 0.2) is 0 Å². The Bertz CT molecular complexity index is 631. The van der Waals surface area contributed by atoms with Crippen LogP contribution in [0.2, 0.25) is 0 Å². The van der Waals surface area contributed by atoms with Crippen LogP contribution in [0.4, 0.5) is 16.2 Å². The molecule has 0 aromatic heterocycles. The van der Waals surface area contributed by atoms with Crippen LogP contribution in [-0.2, 0) is 0 Å². The summed E-state index contributed by atoms with van der Waals surface area (Å²) in [5.41, 5.74) is 0.240. The molecule has 8 heteroatoms. The molecule has 24 heavy (non-hydrogen) atoms. The van der Waals surface area contributed by atoms with Crippen molar-refractivity contribution in [1.29, 1.82) is 0 Å². The second kappa shape index (κ2) is 7.04. The first-order valence-electron chi connectivity index (χ1n) is 8.21. The third-order valence-electron chi connectivity index (χ3n) is 4.74. The van der Waals surface area contributed by atoms with Gasteiger partial charge in [0.25, 0.3) is 5.69 Å².